The third-order valence-corrected chi connectivity index (χ3v) is 3.73. The topological polar surface area (TPSA) is 75.4 Å². The Hall–Kier alpha value is -1.85. The fourth-order valence-electron chi connectivity index (χ4n) is 2.18. The molecule has 0 aliphatic carbocycles. The molecular weight excluding hydrogens is 246 g/mol. The minimum atomic E-state index is -0.482. The van der Waals surface area contributed by atoms with Crippen molar-refractivity contribution in [3.8, 4) is 0 Å². The standard InChI is InChI=1S/C13H19N3O3/c1-4-8(2)11-13(18)16(9(3)12(17)14-11)7-10-5-6-19-15-10/h5-6,8-9,11H,4,7H2,1-3H3,(H,14,17). The van der Waals surface area contributed by atoms with Crippen LogP contribution in [0.15, 0.2) is 16.9 Å². The molecule has 0 radical (unpaired) electrons. The van der Waals surface area contributed by atoms with E-state index in [0.717, 1.165) is 6.42 Å². The molecule has 0 spiro atoms. The first-order valence-electron chi connectivity index (χ1n) is 6.54. The maximum absolute atomic E-state index is 12.5. The number of piperazine rings is 1. The van der Waals surface area contributed by atoms with Crippen LogP contribution in [0.5, 0.6) is 0 Å². The number of hydrogen-bond acceptors (Lipinski definition) is 4. The lowest BCUT2D eigenvalue weighted by Crippen LogP contribution is -2.63. The molecule has 1 aliphatic heterocycles. The van der Waals surface area contributed by atoms with Gasteiger partial charge in [0, 0.05) is 6.07 Å². The van der Waals surface area contributed by atoms with E-state index in [9.17, 15) is 9.59 Å². The summed E-state index contributed by atoms with van der Waals surface area (Å²) in [5, 5.41) is 6.60. The van der Waals surface area contributed by atoms with Gasteiger partial charge in [-0.3, -0.25) is 9.59 Å². The number of rotatable bonds is 4. The van der Waals surface area contributed by atoms with Gasteiger partial charge in [0.2, 0.25) is 11.8 Å². The summed E-state index contributed by atoms with van der Waals surface area (Å²) in [5.41, 5.74) is 0.651. The molecule has 3 atom stereocenters. The molecule has 2 amide bonds. The first kappa shape index (κ1) is 13.6. The van der Waals surface area contributed by atoms with Crippen LogP contribution >= 0.6 is 0 Å². The Kier molecular flexibility index (Phi) is 3.87. The quantitative estimate of drug-likeness (QED) is 0.879. The van der Waals surface area contributed by atoms with Gasteiger partial charge in [-0.1, -0.05) is 25.4 Å². The molecule has 2 heterocycles. The molecule has 1 fully saturated rings. The lowest BCUT2D eigenvalue weighted by Gasteiger charge is -2.38. The van der Waals surface area contributed by atoms with Crippen molar-refractivity contribution in [1.29, 1.82) is 0 Å². The molecule has 1 aliphatic rings. The second-order valence-corrected chi connectivity index (χ2v) is 5.00. The van der Waals surface area contributed by atoms with Gasteiger partial charge in [0.25, 0.3) is 0 Å². The molecule has 19 heavy (non-hydrogen) atoms. The largest absolute Gasteiger partial charge is 0.364 e. The highest BCUT2D eigenvalue weighted by Crippen LogP contribution is 2.19. The maximum Gasteiger partial charge on any atom is 0.246 e. The highest BCUT2D eigenvalue weighted by Gasteiger charge is 2.40. The molecule has 1 saturated heterocycles. The molecule has 1 aromatic heterocycles. The van der Waals surface area contributed by atoms with Gasteiger partial charge in [-0.15, -0.1) is 0 Å². The van der Waals surface area contributed by atoms with E-state index >= 15 is 0 Å². The number of amides is 2. The van der Waals surface area contributed by atoms with Crippen molar-refractivity contribution in [2.45, 2.75) is 45.8 Å². The van der Waals surface area contributed by atoms with E-state index in [2.05, 4.69) is 10.5 Å². The molecule has 1 N–H and O–H groups in total. The number of nitrogens with one attached hydrogen (secondary N) is 1. The minimum absolute atomic E-state index is 0.0514. The summed E-state index contributed by atoms with van der Waals surface area (Å²) in [5.74, 6) is -0.0541. The summed E-state index contributed by atoms with van der Waals surface area (Å²) in [6, 6.07) is 0.773. The number of hydrogen-bond donors (Lipinski definition) is 1. The SMILES string of the molecule is CCC(C)C1NC(=O)C(C)N(Cc2ccon2)C1=O. The summed E-state index contributed by atoms with van der Waals surface area (Å²) < 4.78 is 4.76. The Morgan fingerprint density at radius 2 is 2.26 bits per heavy atom. The van der Waals surface area contributed by atoms with E-state index in [0.29, 0.717) is 12.2 Å². The number of nitrogens with zero attached hydrogens (tertiary/aromatic N) is 2. The zero-order valence-electron chi connectivity index (χ0n) is 11.4. The zero-order chi connectivity index (χ0) is 14.0. The Balaban J connectivity index is 2.19. The normalized spacial score (nSPS) is 25.3. The third-order valence-electron chi connectivity index (χ3n) is 3.73. The van der Waals surface area contributed by atoms with Gasteiger partial charge >= 0.3 is 0 Å². The van der Waals surface area contributed by atoms with Crippen LogP contribution in [0.4, 0.5) is 0 Å². The van der Waals surface area contributed by atoms with Gasteiger partial charge in [0.05, 0.1) is 6.54 Å². The van der Waals surface area contributed by atoms with Gasteiger partial charge in [-0.05, 0) is 12.8 Å². The lowest BCUT2D eigenvalue weighted by molar-refractivity contribution is -0.150. The van der Waals surface area contributed by atoms with Crippen LogP contribution in [0.25, 0.3) is 0 Å². The summed E-state index contributed by atoms with van der Waals surface area (Å²) in [6.07, 6.45) is 2.30. The molecule has 0 bridgehead atoms. The molecule has 2 rings (SSSR count). The Bertz CT molecular complexity index is 458. The van der Waals surface area contributed by atoms with E-state index in [1.165, 1.54) is 6.26 Å². The van der Waals surface area contributed by atoms with Crippen LogP contribution < -0.4 is 5.32 Å². The Morgan fingerprint density at radius 3 is 2.84 bits per heavy atom. The number of carbonyl (C=O) groups excluding carboxylic acids is 2. The van der Waals surface area contributed by atoms with E-state index < -0.39 is 12.1 Å². The fourth-order valence-corrected chi connectivity index (χ4v) is 2.18. The van der Waals surface area contributed by atoms with Gasteiger partial charge in [-0.25, -0.2) is 0 Å². The van der Waals surface area contributed by atoms with Gasteiger partial charge in [0.1, 0.15) is 24.0 Å². The van der Waals surface area contributed by atoms with Crippen molar-refractivity contribution in [2.24, 2.45) is 5.92 Å². The van der Waals surface area contributed by atoms with E-state index in [1.54, 1.807) is 17.9 Å². The molecule has 104 valence electrons. The zero-order valence-corrected chi connectivity index (χ0v) is 11.4. The Labute approximate surface area is 112 Å². The van der Waals surface area contributed by atoms with Gasteiger partial charge in [-0.2, -0.15) is 0 Å². The van der Waals surface area contributed by atoms with Crippen molar-refractivity contribution < 1.29 is 14.1 Å². The van der Waals surface area contributed by atoms with Crippen LogP contribution in [0.2, 0.25) is 0 Å². The maximum atomic E-state index is 12.5. The van der Waals surface area contributed by atoms with E-state index in [4.69, 9.17) is 4.52 Å². The second-order valence-electron chi connectivity index (χ2n) is 5.00. The molecule has 0 saturated carbocycles. The summed E-state index contributed by atoms with van der Waals surface area (Å²) in [6.45, 7) is 5.99. The van der Waals surface area contributed by atoms with Crippen molar-refractivity contribution in [3.05, 3.63) is 18.0 Å². The smallest absolute Gasteiger partial charge is 0.246 e. The molecular formula is C13H19N3O3. The molecule has 1 aromatic rings. The molecule has 3 unspecified atom stereocenters. The van der Waals surface area contributed by atoms with Crippen LogP contribution in [0.1, 0.15) is 32.9 Å². The highest BCUT2D eigenvalue weighted by atomic mass is 16.5. The number of aromatic nitrogens is 1. The first-order chi connectivity index (χ1) is 9.04. The van der Waals surface area contributed by atoms with Crippen LogP contribution in [-0.4, -0.2) is 34.0 Å². The van der Waals surface area contributed by atoms with Crippen molar-refractivity contribution in [2.75, 3.05) is 0 Å². The van der Waals surface area contributed by atoms with Gasteiger partial charge in [0.15, 0.2) is 0 Å². The van der Waals surface area contributed by atoms with Crippen molar-refractivity contribution >= 4 is 11.8 Å². The van der Waals surface area contributed by atoms with Crippen LogP contribution in [0, 0.1) is 5.92 Å². The van der Waals surface area contributed by atoms with E-state index in [-0.39, 0.29) is 17.7 Å². The highest BCUT2D eigenvalue weighted by molar-refractivity contribution is 5.96. The minimum Gasteiger partial charge on any atom is -0.364 e. The van der Waals surface area contributed by atoms with Crippen LogP contribution in [-0.2, 0) is 16.1 Å². The average molecular weight is 265 g/mol. The summed E-state index contributed by atoms with van der Waals surface area (Å²) in [7, 11) is 0. The summed E-state index contributed by atoms with van der Waals surface area (Å²) >= 11 is 0. The predicted octanol–water partition coefficient (Wildman–Crippen LogP) is 0.936. The van der Waals surface area contributed by atoms with E-state index in [1.807, 2.05) is 13.8 Å². The molecule has 0 aromatic carbocycles. The lowest BCUT2D eigenvalue weighted by atomic mass is 9.94. The van der Waals surface area contributed by atoms with Gasteiger partial charge < -0.3 is 14.7 Å². The monoisotopic (exact) mass is 265 g/mol. The number of carbonyl (C=O) groups is 2. The summed E-state index contributed by atoms with van der Waals surface area (Å²) in [4.78, 5) is 26.0. The van der Waals surface area contributed by atoms with Crippen molar-refractivity contribution in [3.63, 3.8) is 0 Å². The second kappa shape index (κ2) is 5.42. The Morgan fingerprint density at radius 1 is 1.53 bits per heavy atom. The average Bonchev–Trinajstić information content (AvgIpc) is 2.91. The van der Waals surface area contributed by atoms with Crippen molar-refractivity contribution in [1.82, 2.24) is 15.4 Å². The molecule has 6 heteroatoms. The molecule has 6 nitrogen and oxygen atoms in total. The van der Waals surface area contributed by atoms with Crippen LogP contribution in [0.3, 0.4) is 0 Å². The predicted molar refractivity (Wildman–Crippen MR) is 67.9 cm³/mol. The third kappa shape index (κ3) is 2.62. The fraction of sp³-hybridized carbons (Fsp3) is 0.615. The first-order valence-corrected chi connectivity index (χ1v) is 6.54.